The third-order valence-corrected chi connectivity index (χ3v) is 2.39. The summed E-state index contributed by atoms with van der Waals surface area (Å²) in [5.74, 6) is -2.86. The van der Waals surface area contributed by atoms with Gasteiger partial charge in [-0.15, -0.1) is 0 Å². The first-order chi connectivity index (χ1) is 5.42. The van der Waals surface area contributed by atoms with Crippen LogP contribution in [0.4, 0.5) is 8.78 Å². The Bertz CT molecular complexity index is 189. The fourth-order valence-corrected chi connectivity index (χ4v) is 1.66. The van der Waals surface area contributed by atoms with Crippen molar-refractivity contribution >= 4 is 0 Å². The van der Waals surface area contributed by atoms with Crippen molar-refractivity contribution in [2.45, 2.75) is 38.2 Å². The zero-order chi connectivity index (χ0) is 9.35. The first kappa shape index (κ1) is 9.65. The lowest BCUT2D eigenvalue weighted by Crippen LogP contribution is -2.20. The number of aliphatic hydroxyl groups excluding tert-OH is 1. The Morgan fingerprint density at radius 1 is 1.67 bits per heavy atom. The third-order valence-electron chi connectivity index (χ3n) is 2.39. The average Bonchev–Trinajstić information content (AvgIpc) is 2.28. The molecule has 0 heterocycles. The maximum absolute atomic E-state index is 12.7. The molecule has 0 radical (unpaired) electrons. The van der Waals surface area contributed by atoms with Gasteiger partial charge >= 0.3 is 0 Å². The lowest BCUT2D eigenvalue weighted by molar-refractivity contribution is -0.00188. The van der Waals surface area contributed by atoms with Crippen LogP contribution in [-0.4, -0.2) is 17.1 Å². The number of alkyl halides is 2. The van der Waals surface area contributed by atoms with E-state index >= 15 is 0 Å². The first-order valence-corrected chi connectivity index (χ1v) is 4.14. The van der Waals surface area contributed by atoms with Gasteiger partial charge in [0.15, 0.2) is 0 Å². The van der Waals surface area contributed by atoms with Crippen molar-refractivity contribution in [1.82, 2.24) is 0 Å². The molecule has 0 bridgehead atoms. The Morgan fingerprint density at radius 2 is 2.25 bits per heavy atom. The SMILES string of the molecule is C=C(C)C(O)C1CCC(F)(F)C1. The van der Waals surface area contributed by atoms with Gasteiger partial charge in [0.1, 0.15) is 0 Å². The fraction of sp³-hybridized carbons (Fsp3) is 0.778. The smallest absolute Gasteiger partial charge is 0.248 e. The Labute approximate surface area is 71.1 Å². The summed E-state index contributed by atoms with van der Waals surface area (Å²) in [6.07, 6.45) is -0.636. The molecule has 70 valence electrons. The van der Waals surface area contributed by atoms with Gasteiger partial charge in [0.05, 0.1) is 6.10 Å². The van der Waals surface area contributed by atoms with Crippen LogP contribution in [0.3, 0.4) is 0 Å². The van der Waals surface area contributed by atoms with Gasteiger partial charge in [-0.2, -0.15) is 0 Å². The minimum atomic E-state index is -2.57. The molecule has 1 N–H and O–H groups in total. The van der Waals surface area contributed by atoms with E-state index in [1.165, 1.54) is 0 Å². The highest BCUT2D eigenvalue weighted by Gasteiger charge is 2.42. The van der Waals surface area contributed by atoms with Crippen molar-refractivity contribution in [2.75, 3.05) is 0 Å². The summed E-state index contributed by atoms with van der Waals surface area (Å²) in [6.45, 7) is 5.22. The minimum Gasteiger partial charge on any atom is -0.388 e. The van der Waals surface area contributed by atoms with Crippen molar-refractivity contribution in [3.05, 3.63) is 12.2 Å². The van der Waals surface area contributed by atoms with E-state index in [0.29, 0.717) is 12.0 Å². The van der Waals surface area contributed by atoms with Crippen LogP contribution in [0.15, 0.2) is 12.2 Å². The molecule has 1 rings (SSSR count). The molecule has 1 nitrogen and oxygen atoms in total. The normalized spacial score (nSPS) is 30.2. The minimum absolute atomic E-state index is 0.0952. The number of hydrogen-bond acceptors (Lipinski definition) is 1. The lowest BCUT2D eigenvalue weighted by Gasteiger charge is -2.17. The van der Waals surface area contributed by atoms with Gasteiger partial charge in [-0.1, -0.05) is 12.2 Å². The highest BCUT2D eigenvalue weighted by atomic mass is 19.3. The predicted molar refractivity (Wildman–Crippen MR) is 43.1 cm³/mol. The predicted octanol–water partition coefficient (Wildman–Crippen LogP) is 2.36. The molecule has 0 aromatic rings. The van der Waals surface area contributed by atoms with Crippen molar-refractivity contribution in [2.24, 2.45) is 5.92 Å². The summed E-state index contributed by atoms with van der Waals surface area (Å²) >= 11 is 0. The molecule has 0 aromatic heterocycles. The molecular formula is C9H14F2O. The summed E-state index contributed by atoms with van der Waals surface area (Å²) in [5, 5.41) is 9.43. The molecule has 0 saturated heterocycles. The maximum Gasteiger partial charge on any atom is 0.248 e. The molecule has 0 spiro atoms. The standard InChI is InChI=1S/C9H14F2O/c1-6(2)8(12)7-3-4-9(10,11)5-7/h7-8,12H,1,3-5H2,2H3. The van der Waals surface area contributed by atoms with Gasteiger partial charge < -0.3 is 5.11 Å². The number of hydrogen-bond donors (Lipinski definition) is 1. The summed E-state index contributed by atoms with van der Waals surface area (Å²) in [4.78, 5) is 0. The quantitative estimate of drug-likeness (QED) is 0.640. The average molecular weight is 176 g/mol. The van der Waals surface area contributed by atoms with E-state index in [-0.39, 0.29) is 18.8 Å². The van der Waals surface area contributed by atoms with Crippen LogP contribution in [0.5, 0.6) is 0 Å². The Balaban J connectivity index is 2.52. The summed E-state index contributed by atoms with van der Waals surface area (Å²) in [5.41, 5.74) is 0.581. The second kappa shape index (κ2) is 3.13. The monoisotopic (exact) mass is 176 g/mol. The van der Waals surface area contributed by atoms with Crippen LogP contribution >= 0.6 is 0 Å². The van der Waals surface area contributed by atoms with E-state index in [4.69, 9.17) is 0 Å². The highest BCUT2D eigenvalue weighted by Crippen LogP contribution is 2.41. The van der Waals surface area contributed by atoms with Crippen LogP contribution in [0.2, 0.25) is 0 Å². The first-order valence-electron chi connectivity index (χ1n) is 4.14. The zero-order valence-corrected chi connectivity index (χ0v) is 7.19. The fourth-order valence-electron chi connectivity index (χ4n) is 1.66. The van der Waals surface area contributed by atoms with Gasteiger partial charge in [0.25, 0.3) is 0 Å². The lowest BCUT2D eigenvalue weighted by atomic mass is 9.96. The van der Waals surface area contributed by atoms with Gasteiger partial charge in [0.2, 0.25) is 5.92 Å². The van der Waals surface area contributed by atoms with Crippen LogP contribution in [0.25, 0.3) is 0 Å². The van der Waals surface area contributed by atoms with Gasteiger partial charge in [-0.05, 0) is 19.3 Å². The van der Waals surface area contributed by atoms with Crippen molar-refractivity contribution in [1.29, 1.82) is 0 Å². The van der Waals surface area contributed by atoms with Gasteiger partial charge in [-0.3, -0.25) is 0 Å². The Hall–Kier alpha value is -0.440. The van der Waals surface area contributed by atoms with Crippen LogP contribution in [-0.2, 0) is 0 Å². The summed E-state index contributed by atoms with van der Waals surface area (Å²) in [7, 11) is 0. The number of aliphatic hydroxyl groups is 1. The molecule has 1 saturated carbocycles. The van der Waals surface area contributed by atoms with E-state index in [1.54, 1.807) is 6.92 Å². The molecular weight excluding hydrogens is 162 g/mol. The Morgan fingerprint density at radius 3 is 2.58 bits per heavy atom. The molecule has 0 aliphatic heterocycles. The molecule has 1 aliphatic rings. The van der Waals surface area contributed by atoms with E-state index in [9.17, 15) is 13.9 Å². The number of rotatable bonds is 2. The third kappa shape index (κ3) is 2.03. The maximum atomic E-state index is 12.7. The largest absolute Gasteiger partial charge is 0.388 e. The second-order valence-electron chi connectivity index (χ2n) is 3.65. The molecule has 12 heavy (non-hydrogen) atoms. The highest BCUT2D eigenvalue weighted by molar-refractivity contribution is 5.02. The second-order valence-corrected chi connectivity index (χ2v) is 3.65. The van der Waals surface area contributed by atoms with Crippen LogP contribution < -0.4 is 0 Å². The molecule has 0 aromatic carbocycles. The molecule has 2 unspecified atom stereocenters. The number of halogens is 2. The van der Waals surface area contributed by atoms with Crippen LogP contribution in [0, 0.1) is 5.92 Å². The molecule has 1 aliphatic carbocycles. The van der Waals surface area contributed by atoms with E-state index < -0.39 is 12.0 Å². The molecule has 2 atom stereocenters. The van der Waals surface area contributed by atoms with Crippen molar-refractivity contribution in [3.8, 4) is 0 Å². The van der Waals surface area contributed by atoms with Crippen molar-refractivity contribution in [3.63, 3.8) is 0 Å². The van der Waals surface area contributed by atoms with E-state index in [0.717, 1.165) is 0 Å². The molecule has 3 heteroatoms. The summed E-state index contributed by atoms with van der Waals surface area (Å²) in [6, 6.07) is 0. The zero-order valence-electron chi connectivity index (χ0n) is 7.19. The van der Waals surface area contributed by atoms with Crippen molar-refractivity contribution < 1.29 is 13.9 Å². The molecule has 0 amide bonds. The van der Waals surface area contributed by atoms with Gasteiger partial charge in [0, 0.05) is 12.8 Å². The molecule has 1 fully saturated rings. The topological polar surface area (TPSA) is 20.2 Å². The van der Waals surface area contributed by atoms with Crippen LogP contribution in [0.1, 0.15) is 26.2 Å². The van der Waals surface area contributed by atoms with E-state index in [1.807, 2.05) is 0 Å². The summed E-state index contributed by atoms with van der Waals surface area (Å²) < 4.78 is 25.4. The van der Waals surface area contributed by atoms with Gasteiger partial charge in [-0.25, -0.2) is 8.78 Å². The van der Waals surface area contributed by atoms with E-state index in [2.05, 4.69) is 6.58 Å². The Kier molecular flexibility index (Phi) is 2.52.